The van der Waals surface area contributed by atoms with E-state index >= 15 is 0 Å². The van der Waals surface area contributed by atoms with E-state index < -0.39 is 128 Å². The lowest BCUT2D eigenvalue weighted by atomic mass is 9.93. The Kier molecular flexibility index (Phi) is 15.5. The maximum atomic E-state index is 12.8. The molecule has 19 heteroatoms. The molecule has 2 aliphatic heterocycles. The number of hydrogen-bond donors (Lipinski definition) is 3. The molecule has 0 saturated carbocycles. The Hall–Kier alpha value is -3.91. The van der Waals surface area contributed by atoms with Crippen LogP contribution in [0.25, 0.3) is 0 Å². The average Bonchev–Trinajstić information content (AvgIpc) is 2.98. The van der Waals surface area contributed by atoms with Crippen molar-refractivity contribution in [1.29, 1.82) is 0 Å². The summed E-state index contributed by atoms with van der Waals surface area (Å²) in [4.78, 5) is 85.9. The number of carbonyl (C=O) groups excluding carboxylic acids is 6. The van der Waals surface area contributed by atoms with Crippen LogP contribution in [-0.4, -0.2) is 134 Å². The van der Waals surface area contributed by atoms with Crippen LogP contribution in [0.1, 0.15) is 62.3 Å². The zero-order valence-corrected chi connectivity index (χ0v) is 29.7. The van der Waals surface area contributed by atoms with Gasteiger partial charge in [0.15, 0.2) is 30.9 Å². The number of aliphatic carboxylic acids is 1. The number of carbonyl (C=O) groups is 7. The van der Waals surface area contributed by atoms with Gasteiger partial charge in [0.2, 0.25) is 11.8 Å². The molecule has 0 unspecified atom stereocenters. The molecule has 19 nitrogen and oxygen atoms in total. The van der Waals surface area contributed by atoms with Crippen LogP contribution in [0.15, 0.2) is 0 Å². The van der Waals surface area contributed by atoms with Crippen LogP contribution in [0, 0.1) is 5.41 Å². The largest absolute Gasteiger partial charge is 0.479 e. The van der Waals surface area contributed by atoms with E-state index in [2.05, 4.69) is 10.6 Å². The van der Waals surface area contributed by atoms with E-state index in [0.29, 0.717) is 0 Å². The summed E-state index contributed by atoms with van der Waals surface area (Å²) >= 11 is 0. The molecule has 0 aromatic carbocycles. The molecule has 11 atom stereocenters. The van der Waals surface area contributed by atoms with Gasteiger partial charge in [-0.1, -0.05) is 0 Å². The Morgan fingerprint density at radius 2 is 1.18 bits per heavy atom. The van der Waals surface area contributed by atoms with E-state index in [9.17, 15) is 38.7 Å². The Morgan fingerprint density at radius 3 is 1.64 bits per heavy atom. The van der Waals surface area contributed by atoms with Crippen molar-refractivity contribution in [1.82, 2.24) is 10.6 Å². The van der Waals surface area contributed by atoms with Gasteiger partial charge in [0.25, 0.3) is 0 Å². The average molecular weight is 721 g/mol. The molecule has 0 spiro atoms. The molecule has 2 fully saturated rings. The molecule has 0 aromatic rings. The van der Waals surface area contributed by atoms with Gasteiger partial charge < -0.3 is 58.4 Å². The van der Waals surface area contributed by atoms with E-state index in [-0.39, 0.29) is 0 Å². The molecule has 0 aliphatic carbocycles. The monoisotopic (exact) mass is 720 g/mol. The minimum Gasteiger partial charge on any atom is -0.479 e. The number of nitrogens with one attached hydrogen (secondary N) is 2. The van der Waals surface area contributed by atoms with Crippen molar-refractivity contribution in [2.24, 2.45) is 5.41 Å². The second-order valence-corrected chi connectivity index (χ2v) is 12.8. The van der Waals surface area contributed by atoms with Crippen molar-refractivity contribution in [2.75, 3.05) is 20.3 Å². The molecule has 2 amide bonds. The summed E-state index contributed by atoms with van der Waals surface area (Å²) < 4.78 is 51.7. The molecule has 2 heterocycles. The quantitative estimate of drug-likeness (QED) is 0.149. The van der Waals surface area contributed by atoms with Gasteiger partial charge in [0, 0.05) is 41.7 Å². The Bertz CT molecular complexity index is 1250. The summed E-state index contributed by atoms with van der Waals surface area (Å²) in [6, 6.07) is -2.68. The van der Waals surface area contributed by atoms with E-state index in [1.165, 1.54) is 21.0 Å². The van der Waals surface area contributed by atoms with E-state index in [1.54, 1.807) is 20.8 Å². The summed E-state index contributed by atoms with van der Waals surface area (Å²) in [7, 11) is 1.26. The van der Waals surface area contributed by atoms with E-state index in [4.69, 9.17) is 42.6 Å². The van der Waals surface area contributed by atoms with Crippen molar-refractivity contribution >= 4 is 41.7 Å². The first-order chi connectivity index (χ1) is 23.2. The fourth-order valence-electron chi connectivity index (χ4n) is 5.18. The lowest BCUT2D eigenvalue weighted by Crippen LogP contribution is -2.70. The topological polar surface area (TPSA) is 247 Å². The Balaban J connectivity index is 2.77. The van der Waals surface area contributed by atoms with Gasteiger partial charge in [-0.25, -0.2) is 4.79 Å². The number of hydrogen-bond acceptors (Lipinski definition) is 16. The fraction of sp³-hybridized carbons (Fsp3) is 0.774. The number of carboxylic acids is 1. The van der Waals surface area contributed by atoms with Crippen LogP contribution in [0.3, 0.4) is 0 Å². The van der Waals surface area contributed by atoms with Gasteiger partial charge in [-0.15, -0.1) is 0 Å². The first-order valence-electron chi connectivity index (χ1n) is 15.7. The molecule has 284 valence electrons. The smallest absolute Gasteiger partial charge is 0.332 e. The molecular formula is C31H48N2O17. The van der Waals surface area contributed by atoms with Crippen LogP contribution < -0.4 is 10.6 Å². The maximum absolute atomic E-state index is 12.8. The van der Waals surface area contributed by atoms with Crippen molar-refractivity contribution in [2.45, 2.75) is 130 Å². The van der Waals surface area contributed by atoms with E-state index in [1.807, 2.05) is 0 Å². The third kappa shape index (κ3) is 12.1. The van der Waals surface area contributed by atoms with Crippen molar-refractivity contribution in [3.8, 4) is 0 Å². The molecule has 0 aromatic heterocycles. The highest BCUT2D eigenvalue weighted by Crippen LogP contribution is 2.34. The zero-order chi connectivity index (χ0) is 38.1. The number of rotatable bonds is 14. The Labute approximate surface area is 289 Å². The second-order valence-electron chi connectivity index (χ2n) is 12.8. The third-order valence-corrected chi connectivity index (χ3v) is 7.31. The van der Waals surface area contributed by atoms with Gasteiger partial charge in [-0.3, -0.25) is 28.8 Å². The highest BCUT2D eigenvalue weighted by molar-refractivity contribution is 5.75. The molecule has 2 aliphatic rings. The van der Waals surface area contributed by atoms with Gasteiger partial charge in [0.1, 0.15) is 49.7 Å². The zero-order valence-electron chi connectivity index (χ0n) is 29.7. The van der Waals surface area contributed by atoms with Crippen LogP contribution in [0.4, 0.5) is 0 Å². The summed E-state index contributed by atoms with van der Waals surface area (Å²) in [6.45, 7) is 10.6. The van der Waals surface area contributed by atoms with Crippen LogP contribution in [-0.2, 0) is 76.2 Å². The summed E-state index contributed by atoms with van der Waals surface area (Å²) in [5.41, 5.74) is -0.950. The molecule has 0 radical (unpaired) electrons. The van der Waals surface area contributed by atoms with Gasteiger partial charge in [0.05, 0.1) is 5.41 Å². The summed E-state index contributed by atoms with van der Waals surface area (Å²) in [5, 5.41) is 14.9. The molecular weight excluding hydrogens is 672 g/mol. The third-order valence-electron chi connectivity index (χ3n) is 7.31. The number of methoxy groups -OCH3 is 1. The predicted octanol–water partition coefficient (Wildman–Crippen LogP) is -0.649. The number of amides is 2. The van der Waals surface area contributed by atoms with Gasteiger partial charge >= 0.3 is 29.8 Å². The second kappa shape index (κ2) is 18.4. The molecule has 0 bridgehead atoms. The normalized spacial score (nSPS) is 30.2. The van der Waals surface area contributed by atoms with E-state index in [0.717, 1.165) is 27.7 Å². The van der Waals surface area contributed by atoms with Crippen molar-refractivity contribution in [3.05, 3.63) is 0 Å². The summed E-state index contributed by atoms with van der Waals surface area (Å²) in [5.74, 6) is -5.69. The molecule has 2 rings (SSSR count). The Morgan fingerprint density at radius 1 is 0.700 bits per heavy atom. The first-order valence-corrected chi connectivity index (χ1v) is 15.7. The SMILES string of the molecule is CO[C@@H]1O[C@H](COC(=O)C(C)(C)C)[C@@H](O[C@@H]2O[C@H](COC(C)=O)[C@@H](OC(C)=O)[C@H](OC(C)=O)[C@H]2NC(C)=O)[C@H](O[C@H](C)C(=O)O)[C@H]1NC(C)=O. The van der Waals surface area contributed by atoms with Crippen LogP contribution >= 0.6 is 0 Å². The molecule has 3 N–H and O–H groups in total. The highest BCUT2D eigenvalue weighted by Gasteiger charge is 2.56. The van der Waals surface area contributed by atoms with Crippen LogP contribution in [0.5, 0.6) is 0 Å². The van der Waals surface area contributed by atoms with Gasteiger partial charge in [-0.2, -0.15) is 0 Å². The molecule has 2 saturated heterocycles. The van der Waals surface area contributed by atoms with Crippen molar-refractivity contribution < 1.29 is 81.3 Å². The minimum atomic E-state index is -1.67. The first kappa shape index (κ1) is 42.3. The minimum absolute atomic E-state index is 0.507. The number of esters is 4. The number of carboxylic acid groups (broad SMARTS) is 1. The van der Waals surface area contributed by atoms with Crippen molar-refractivity contribution in [3.63, 3.8) is 0 Å². The predicted molar refractivity (Wildman–Crippen MR) is 165 cm³/mol. The lowest BCUT2D eigenvalue weighted by molar-refractivity contribution is -0.337. The van der Waals surface area contributed by atoms with Crippen LogP contribution in [0.2, 0.25) is 0 Å². The summed E-state index contributed by atoms with van der Waals surface area (Å²) in [6.07, 6.45) is -13.0. The highest BCUT2D eigenvalue weighted by atomic mass is 16.7. The maximum Gasteiger partial charge on any atom is 0.332 e. The lowest BCUT2D eigenvalue weighted by Gasteiger charge is -2.50. The molecule has 50 heavy (non-hydrogen) atoms. The standard InChI is InChI=1S/C31H48N2O17/c1-13(27(39)40)45-25-21(32-14(2)34)28(42-10)48-20(12-44-30(41)31(7,8)9)24(25)50-29-22(33-15(3)35)26(47-18(6)38)23(46-17(5)37)19(49-29)11-43-16(4)36/h13,19-26,28-29H,11-12H2,1-10H3,(H,32,34)(H,33,35)(H,39,40)/t13-,19-,20-,21-,22-,23-,24-,25-,26-,28-,29+/m1/s1. The fourth-order valence-corrected chi connectivity index (χ4v) is 5.18. The van der Waals surface area contributed by atoms with Gasteiger partial charge in [-0.05, 0) is 27.7 Å². The number of ether oxygens (including phenoxy) is 9.